The molecule has 1 heterocycles. The number of carbonyl (C=O) groups is 1. The predicted molar refractivity (Wildman–Crippen MR) is 85.7 cm³/mol. The van der Waals surface area contributed by atoms with Crippen LogP contribution < -0.4 is 16.0 Å². The molecule has 0 radical (unpaired) electrons. The first-order valence-corrected chi connectivity index (χ1v) is 7.87. The molecule has 4 nitrogen and oxygen atoms in total. The van der Waals surface area contributed by atoms with Crippen LogP contribution >= 0.6 is 15.9 Å². The van der Waals surface area contributed by atoms with E-state index in [0.717, 1.165) is 42.5 Å². The Kier molecular flexibility index (Phi) is 5.43. The number of carbonyl (C=O) groups excluding carboxylic acids is 1. The summed E-state index contributed by atoms with van der Waals surface area (Å²) in [6.45, 7) is 5.01. The van der Waals surface area contributed by atoms with Crippen LogP contribution in [0, 0.1) is 5.92 Å². The molecule has 0 aromatic heterocycles. The number of nitrogens with one attached hydrogen (secondary N) is 1. The van der Waals surface area contributed by atoms with Gasteiger partial charge in [0.1, 0.15) is 0 Å². The number of amides is 1. The van der Waals surface area contributed by atoms with E-state index >= 15 is 0 Å². The Morgan fingerprint density at radius 1 is 1.45 bits per heavy atom. The summed E-state index contributed by atoms with van der Waals surface area (Å²) in [4.78, 5) is 13.3. The van der Waals surface area contributed by atoms with Gasteiger partial charge in [-0.15, -0.1) is 0 Å². The first-order chi connectivity index (χ1) is 9.60. The van der Waals surface area contributed by atoms with Crippen molar-refractivity contribution in [3.05, 3.63) is 28.2 Å². The Morgan fingerprint density at radius 3 is 2.70 bits per heavy atom. The number of nitrogens with two attached hydrogens (primary N) is 1. The van der Waals surface area contributed by atoms with Crippen molar-refractivity contribution >= 4 is 27.5 Å². The van der Waals surface area contributed by atoms with Gasteiger partial charge in [0, 0.05) is 37.6 Å². The molecule has 1 amide bonds. The molecule has 1 fully saturated rings. The van der Waals surface area contributed by atoms with Crippen LogP contribution in [0.5, 0.6) is 0 Å². The maximum atomic E-state index is 10.9. The lowest BCUT2D eigenvalue weighted by Gasteiger charge is -2.34. The van der Waals surface area contributed by atoms with Gasteiger partial charge in [0.15, 0.2) is 0 Å². The van der Waals surface area contributed by atoms with Gasteiger partial charge in [0.05, 0.1) is 5.69 Å². The molecule has 5 heteroatoms. The van der Waals surface area contributed by atoms with Crippen LogP contribution in [0.3, 0.4) is 0 Å². The molecule has 1 aliphatic heterocycles. The van der Waals surface area contributed by atoms with E-state index in [1.54, 1.807) is 6.92 Å². The molecular weight excluding hydrogens is 318 g/mol. The summed E-state index contributed by atoms with van der Waals surface area (Å²) >= 11 is 3.63. The van der Waals surface area contributed by atoms with E-state index in [0.29, 0.717) is 12.5 Å². The minimum absolute atomic E-state index is 0.0625. The molecule has 0 unspecified atom stereocenters. The molecule has 110 valence electrons. The zero-order valence-electron chi connectivity index (χ0n) is 11.9. The fourth-order valence-electron chi connectivity index (χ4n) is 2.60. The fourth-order valence-corrected chi connectivity index (χ4v) is 3.28. The molecule has 0 bridgehead atoms. The lowest BCUT2D eigenvalue weighted by Crippen LogP contribution is -2.38. The largest absolute Gasteiger partial charge is 0.371 e. The summed E-state index contributed by atoms with van der Waals surface area (Å²) in [5.41, 5.74) is 8.03. The van der Waals surface area contributed by atoms with Crippen LogP contribution in [0.1, 0.15) is 25.3 Å². The molecule has 1 aliphatic rings. The number of halogens is 1. The first-order valence-electron chi connectivity index (χ1n) is 7.08. The highest BCUT2D eigenvalue weighted by Crippen LogP contribution is 2.30. The third kappa shape index (κ3) is 3.96. The fraction of sp³-hybridized carbons (Fsp3) is 0.533. The third-order valence-electron chi connectivity index (χ3n) is 3.84. The summed E-state index contributed by atoms with van der Waals surface area (Å²) < 4.78 is 1.11. The topological polar surface area (TPSA) is 58.4 Å². The van der Waals surface area contributed by atoms with E-state index in [2.05, 4.69) is 44.3 Å². The van der Waals surface area contributed by atoms with Gasteiger partial charge in [-0.3, -0.25) is 4.79 Å². The second-order valence-corrected chi connectivity index (χ2v) is 6.21. The molecule has 1 aromatic rings. The van der Waals surface area contributed by atoms with Crippen molar-refractivity contribution in [3.8, 4) is 0 Å². The average Bonchev–Trinajstić information content (AvgIpc) is 2.45. The SMILES string of the molecule is CC(=O)NCC1CCN(c2ccc(CN)cc2Br)CC1. The lowest BCUT2D eigenvalue weighted by atomic mass is 9.96. The molecule has 20 heavy (non-hydrogen) atoms. The summed E-state index contributed by atoms with van der Waals surface area (Å²) in [6.07, 6.45) is 2.23. The van der Waals surface area contributed by atoms with Crippen LogP contribution in [0.25, 0.3) is 0 Å². The number of nitrogens with zero attached hydrogens (tertiary/aromatic N) is 1. The molecule has 1 aromatic carbocycles. The van der Waals surface area contributed by atoms with Crippen LogP contribution in [-0.4, -0.2) is 25.5 Å². The number of piperidine rings is 1. The monoisotopic (exact) mass is 339 g/mol. The minimum Gasteiger partial charge on any atom is -0.371 e. The van der Waals surface area contributed by atoms with E-state index in [4.69, 9.17) is 5.73 Å². The van der Waals surface area contributed by atoms with Crippen LogP contribution in [-0.2, 0) is 11.3 Å². The Hall–Kier alpha value is -1.07. The maximum absolute atomic E-state index is 10.9. The number of hydrogen-bond donors (Lipinski definition) is 2. The van der Waals surface area contributed by atoms with Crippen molar-refractivity contribution in [3.63, 3.8) is 0 Å². The van der Waals surface area contributed by atoms with Crippen molar-refractivity contribution in [2.75, 3.05) is 24.5 Å². The number of rotatable bonds is 4. The van der Waals surface area contributed by atoms with Gasteiger partial charge in [-0.25, -0.2) is 0 Å². The normalized spacial score (nSPS) is 16.2. The molecule has 0 spiro atoms. The second kappa shape index (κ2) is 7.09. The maximum Gasteiger partial charge on any atom is 0.216 e. The minimum atomic E-state index is 0.0625. The Bertz CT molecular complexity index is 470. The van der Waals surface area contributed by atoms with Gasteiger partial charge in [0.2, 0.25) is 5.91 Å². The molecule has 1 saturated heterocycles. The van der Waals surface area contributed by atoms with Crippen molar-refractivity contribution < 1.29 is 4.79 Å². The van der Waals surface area contributed by atoms with Crippen molar-refractivity contribution in [2.45, 2.75) is 26.3 Å². The smallest absolute Gasteiger partial charge is 0.216 e. The van der Waals surface area contributed by atoms with Crippen LogP contribution in [0.4, 0.5) is 5.69 Å². The molecular formula is C15H22BrN3O. The van der Waals surface area contributed by atoms with E-state index in [-0.39, 0.29) is 5.91 Å². The number of benzene rings is 1. The van der Waals surface area contributed by atoms with E-state index < -0.39 is 0 Å². The predicted octanol–water partition coefficient (Wildman–Crippen LogP) is 2.26. The van der Waals surface area contributed by atoms with E-state index in [9.17, 15) is 4.79 Å². The molecule has 3 N–H and O–H groups in total. The summed E-state index contributed by atoms with van der Waals surface area (Å²) in [5, 5.41) is 2.92. The zero-order valence-corrected chi connectivity index (χ0v) is 13.4. The van der Waals surface area contributed by atoms with Gasteiger partial charge in [0.25, 0.3) is 0 Å². The summed E-state index contributed by atoms with van der Waals surface area (Å²) in [5.74, 6) is 0.657. The molecule has 2 rings (SSSR count). The Balaban J connectivity index is 1.92. The summed E-state index contributed by atoms with van der Waals surface area (Å²) in [7, 11) is 0. The van der Waals surface area contributed by atoms with E-state index in [1.165, 1.54) is 5.69 Å². The highest BCUT2D eigenvalue weighted by molar-refractivity contribution is 9.10. The van der Waals surface area contributed by atoms with Crippen molar-refractivity contribution in [1.82, 2.24) is 5.32 Å². The Morgan fingerprint density at radius 2 is 2.15 bits per heavy atom. The average molecular weight is 340 g/mol. The highest BCUT2D eigenvalue weighted by Gasteiger charge is 2.20. The van der Waals surface area contributed by atoms with Gasteiger partial charge < -0.3 is 16.0 Å². The first kappa shape index (κ1) is 15.3. The summed E-state index contributed by atoms with van der Waals surface area (Å²) in [6, 6.07) is 6.32. The Labute approximate surface area is 128 Å². The molecule has 0 aliphatic carbocycles. The third-order valence-corrected chi connectivity index (χ3v) is 4.48. The number of hydrogen-bond acceptors (Lipinski definition) is 3. The second-order valence-electron chi connectivity index (χ2n) is 5.36. The quantitative estimate of drug-likeness (QED) is 0.884. The lowest BCUT2D eigenvalue weighted by molar-refractivity contribution is -0.119. The van der Waals surface area contributed by atoms with Gasteiger partial charge in [-0.05, 0) is 52.4 Å². The number of anilines is 1. The van der Waals surface area contributed by atoms with Crippen LogP contribution in [0.2, 0.25) is 0 Å². The van der Waals surface area contributed by atoms with E-state index in [1.807, 2.05) is 0 Å². The molecule has 0 saturated carbocycles. The van der Waals surface area contributed by atoms with Gasteiger partial charge in [-0.1, -0.05) is 6.07 Å². The standard InChI is InChI=1S/C15H22BrN3O/c1-11(20)18-10-12-4-6-19(7-5-12)15-3-2-13(9-17)8-14(15)16/h2-3,8,12H,4-7,9-10,17H2,1H3,(H,18,20). The zero-order chi connectivity index (χ0) is 14.5. The van der Waals surface area contributed by atoms with Crippen LogP contribution in [0.15, 0.2) is 22.7 Å². The van der Waals surface area contributed by atoms with Gasteiger partial charge in [-0.2, -0.15) is 0 Å². The van der Waals surface area contributed by atoms with Gasteiger partial charge >= 0.3 is 0 Å². The highest BCUT2D eigenvalue weighted by atomic mass is 79.9. The molecule has 0 atom stereocenters. The van der Waals surface area contributed by atoms with Crippen molar-refractivity contribution in [2.24, 2.45) is 11.7 Å². The van der Waals surface area contributed by atoms with Crippen molar-refractivity contribution in [1.29, 1.82) is 0 Å².